The number of hydrogen-bond donors (Lipinski definition) is 3. The maximum atomic E-state index is 9.92. The van der Waals surface area contributed by atoms with E-state index in [2.05, 4.69) is 0 Å². The van der Waals surface area contributed by atoms with Crippen molar-refractivity contribution in [2.24, 2.45) is 5.73 Å². The molecule has 0 rings (SSSR count). The third-order valence-electron chi connectivity index (χ3n) is 0.784. The summed E-state index contributed by atoms with van der Waals surface area (Å²) in [5, 5.41) is 14.9. The van der Waals surface area contributed by atoms with Crippen LogP contribution in [-0.4, -0.2) is 57.4 Å². The van der Waals surface area contributed by atoms with Gasteiger partial charge in [-0.15, -0.1) is 0 Å². The van der Waals surface area contributed by atoms with Crippen molar-refractivity contribution in [1.82, 2.24) is 4.90 Å². The second-order valence-corrected chi connectivity index (χ2v) is 2.98. The quantitative estimate of drug-likeness (QED) is 0.181. The molecule has 0 aromatic heterocycles. The van der Waals surface area contributed by atoms with Gasteiger partial charge in [0.25, 0.3) is 0 Å². The Hall–Kier alpha value is 1.69. The molecule has 0 unspecified atom stereocenters. The average molecular weight is 367 g/mol. The zero-order chi connectivity index (χ0) is 11.9. The second-order valence-electron chi connectivity index (χ2n) is 2.08. The van der Waals surface area contributed by atoms with Crippen molar-refractivity contribution in [3.8, 4) is 0 Å². The normalized spacial score (nSPS) is 6.48. The number of aliphatic carboxylic acids is 1. The maximum Gasteiger partial charge on any atom is 1.00 e. The Bertz CT molecular complexity index is 258. The van der Waals surface area contributed by atoms with Crippen molar-refractivity contribution < 1.29 is 140 Å². The molecule has 0 fully saturated rings. The van der Waals surface area contributed by atoms with Gasteiger partial charge in [0.2, 0.25) is 0 Å². The Morgan fingerprint density at radius 3 is 1.38 bits per heavy atom. The summed E-state index contributed by atoms with van der Waals surface area (Å²) in [5.41, 5.74) is 4.93. The Balaban J connectivity index is -0.0000000157. The first-order valence-electron chi connectivity index (χ1n) is 3.04. The molecule has 17 heteroatoms. The van der Waals surface area contributed by atoms with Crippen LogP contribution < -0.4 is 109 Å². The summed E-state index contributed by atoms with van der Waals surface area (Å²) in [6.07, 6.45) is 0. The number of hydrogen-bond acceptors (Lipinski definition) is 6. The van der Waals surface area contributed by atoms with Gasteiger partial charge in [-0.25, -0.2) is 0 Å². The Kier molecular flexibility index (Phi) is 80.5. The van der Waals surface area contributed by atoms with Crippen LogP contribution in [0, 0.1) is 5.41 Å². The first-order chi connectivity index (χ1) is 6.04. The molecule has 0 saturated heterocycles. The first kappa shape index (κ1) is 57.0. The van der Waals surface area contributed by atoms with Gasteiger partial charge in [-0.05, 0) is 0 Å². The third kappa shape index (κ3) is 89.6. The van der Waals surface area contributed by atoms with Crippen LogP contribution in [0.15, 0.2) is 0 Å². The second kappa shape index (κ2) is 29.7. The molecular weight excluding hydrogens is 350 g/mol. The zero-order valence-corrected chi connectivity index (χ0v) is 19.1. The van der Waals surface area contributed by atoms with E-state index in [1.807, 2.05) is 0 Å². The molecule has 0 aromatic carbocycles. The summed E-state index contributed by atoms with van der Waals surface area (Å²) in [4.78, 5) is 36.7. The van der Waals surface area contributed by atoms with E-state index in [0.29, 0.717) is 0 Å². The monoisotopic (exact) mass is 367 g/mol. The number of guanidine groups is 1. The molecule has 0 aliphatic heterocycles. The summed E-state index contributed by atoms with van der Waals surface area (Å²) in [5.74, 6) is -1.23. The fourth-order valence-electron chi connectivity index (χ4n) is 0.288. The molecule has 0 radical (unpaired) electrons. The molecule has 0 saturated carbocycles. The summed E-state index contributed by atoms with van der Waals surface area (Å²) in [6.45, 7) is -0.227. The van der Waals surface area contributed by atoms with Gasteiger partial charge in [0, 0.05) is 7.05 Å². The molecule has 0 atom stereocenters. The van der Waals surface area contributed by atoms with E-state index < -0.39 is 13.8 Å². The molecule has 0 aliphatic rings. The summed E-state index contributed by atoms with van der Waals surface area (Å²) in [6, 6.07) is 0. The Labute approximate surface area is 187 Å². The minimum Gasteiger partial charge on any atom is -0.822 e. The molecule has 116 valence electrons. The van der Waals surface area contributed by atoms with Gasteiger partial charge >= 0.3 is 94.6 Å². The molecule has 0 bridgehead atoms. The van der Waals surface area contributed by atoms with Crippen LogP contribution in [0.1, 0.15) is 0 Å². The van der Waals surface area contributed by atoms with Gasteiger partial charge < -0.3 is 56.9 Å². The number of carboxylic acid groups (broad SMARTS) is 1. The topological polar surface area (TPSA) is 303 Å². The Morgan fingerprint density at radius 1 is 1.14 bits per heavy atom. The molecule has 21 heavy (non-hydrogen) atoms. The minimum atomic E-state index is -5.39. The minimum absolute atomic E-state index is 0. The number of nitrogens with one attached hydrogen (secondary N) is 1. The number of carboxylic acids is 1. The van der Waals surface area contributed by atoms with E-state index in [4.69, 9.17) is 35.5 Å². The number of likely N-dealkylation sites (N-methyl/N-ethyl adjacent to an activating group) is 1. The van der Waals surface area contributed by atoms with Crippen LogP contribution in [0.25, 0.3) is 0 Å². The van der Waals surface area contributed by atoms with Crippen LogP contribution >= 0.6 is 7.82 Å². The van der Waals surface area contributed by atoms with Crippen molar-refractivity contribution in [1.29, 1.82) is 5.41 Å². The van der Waals surface area contributed by atoms with Gasteiger partial charge in [-0.1, -0.05) is 0 Å². The van der Waals surface area contributed by atoms with E-state index in [9.17, 15) is 4.79 Å². The fraction of sp³-hybridized carbons (Fsp3) is 0.500. The third-order valence-corrected chi connectivity index (χ3v) is 0.784. The van der Waals surface area contributed by atoms with Crippen LogP contribution in [-0.2, 0) is 9.36 Å². The standard InChI is InChI=1S/C4H9N3O2.3Na.H3O4P.4H2O/c1-7(4(5)6)2-3(8)9;;;;1-5(2,3)4;;;;/h2H2,1H3,(H3,5,6)(H,8,9);;;;(H3,1,2,3,4);4*1H2/q;3*+1;;;;;/p-3. The largest absolute Gasteiger partial charge is 1.00 e. The summed E-state index contributed by atoms with van der Waals surface area (Å²) >= 11 is 0. The van der Waals surface area contributed by atoms with E-state index in [-0.39, 0.29) is 123 Å². The van der Waals surface area contributed by atoms with Crippen molar-refractivity contribution in [3.05, 3.63) is 0 Å². The van der Waals surface area contributed by atoms with Crippen LogP contribution in [0.2, 0.25) is 0 Å². The van der Waals surface area contributed by atoms with E-state index >= 15 is 0 Å². The zero-order valence-electron chi connectivity index (χ0n) is 12.2. The smallest absolute Gasteiger partial charge is 0.822 e. The van der Waals surface area contributed by atoms with Gasteiger partial charge in [0.1, 0.15) is 6.54 Å². The molecule has 0 amide bonds. The molecule has 0 heterocycles. The molecule has 0 aromatic rings. The predicted molar refractivity (Wildman–Crippen MR) is 54.2 cm³/mol. The van der Waals surface area contributed by atoms with Crippen molar-refractivity contribution in [3.63, 3.8) is 0 Å². The van der Waals surface area contributed by atoms with E-state index in [0.717, 1.165) is 4.90 Å². The number of rotatable bonds is 2. The summed E-state index contributed by atoms with van der Waals surface area (Å²) in [7, 11) is -3.95. The molecule has 13 nitrogen and oxygen atoms in total. The molecule has 12 N–H and O–H groups in total. The number of carbonyl (C=O) groups is 1. The number of nitrogens with zero attached hydrogens (tertiary/aromatic N) is 1. The van der Waals surface area contributed by atoms with Crippen molar-refractivity contribution in [2.75, 3.05) is 13.6 Å². The van der Waals surface area contributed by atoms with Crippen molar-refractivity contribution >= 4 is 19.8 Å². The number of nitrogens with two attached hydrogens (primary N) is 1. The van der Waals surface area contributed by atoms with E-state index in [1.165, 1.54) is 7.05 Å². The number of phosphoric acid groups is 1. The fourth-order valence-corrected chi connectivity index (χ4v) is 0.288. The average Bonchev–Trinajstić information content (AvgIpc) is 1.80. The SMILES string of the molecule is CN(CC(=O)O)C(=N)N.O.O.O.O.O=P([O-])([O-])[O-].[Na+].[Na+].[Na+]. The van der Waals surface area contributed by atoms with Gasteiger partial charge in [-0.2, -0.15) is 7.82 Å². The maximum absolute atomic E-state index is 9.92. The Morgan fingerprint density at radius 2 is 1.33 bits per heavy atom. The molecule has 0 spiro atoms. The van der Waals surface area contributed by atoms with E-state index in [1.54, 1.807) is 0 Å². The molecular formula is C4H17N3Na3O10P. The van der Waals surface area contributed by atoms with Gasteiger partial charge in [0.15, 0.2) is 5.96 Å². The first-order valence-corrected chi connectivity index (χ1v) is 4.50. The molecule has 0 aliphatic carbocycles. The van der Waals surface area contributed by atoms with Crippen LogP contribution in [0.3, 0.4) is 0 Å². The van der Waals surface area contributed by atoms with Crippen LogP contribution in [0.5, 0.6) is 0 Å². The van der Waals surface area contributed by atoms with Gasteiger partial charge in [-0.3, -0.25) is 10.2 Å². The van der Waals surface area contributed by atoms with Crippen molar-refractivity contribution in [2.45, 2.75) is 0 Å². The van der Waals surface area contributed by atoms with Gasteiger partial charge in [0.05, 0.1) is 0 Å². The van der Waals surface area contributed by atoms with Crippen LogP contribution in [0.4, 0.5) is 0 Å². The summed E-state index contributed by atoms with van der Waals surface area (Å²) < 4.78 is 8.55. The predicted octanol–water partition coefficient (Wildman–Crippen LogP) is -16.2.